The number of aromatic nitrogens is 3. The van der Waals surface area contributed by atoms with Gasteiger partial charge in [0, 0.05) is 12.6 Å². The van der Waals surface area contributed by atoms with Gasteiger partial charge in [-0.1, -0.05) is 54.8 Å². The third-order valence-corrected chi connectivity index (χ3v) is 7.77. The van der Waals surface area contributed by atoms with Gasteiger partial charge in [-0.2, -0.15) is 0 Å². The smallest absolute Gasteiger partial charge is 0.247 e. The molecule has 10 heteroatoms. The minimum absolute atomic E-state index is 0.0612. The highest BCUT2D eigenvalue weighted by Crippen LogP contribution is 2.34. The zero-order valence-corrected chi connectivity index (χ0v) is 24.3. The van der Waals surface area contributed by atoms with Crippen molar-refractivity contribution in [2.45, 2.75) is 57.3 Å². The van der Waals surface area contributed by atoms with Crippen LogP contribution in [0, 0.1) is 0 Å². The molecule has 1 saturated carbocycles. The number of hydrogen-bond donors (Lipinski definition) is 1. The second-order valence-corrected chi connectivity index (χ2v) is 10.5. The largest absolute Gasteiger partial charge is 0.497 e. The lowest BCUT2D eigenvalue weighted by molar-refractivity contribution is -0.142. The van der Waals surface area contributed by atoms with Crippen LogP contribution in [0.4, 0.5) is 0 Å². The fourth-order valence-corrected chi connectivity index (χ4v) is 5.53. The molecule has 1 atom stereocenters. The van der Waals surface area contributed by atoms with E-state index in [0.717, 1.165) is 36.8 Å². The van der Waals surface area contributed by atoms with Gasteiger partial charge in [-0.15, -0.1) is 5.10 Å². The first-order chi connectivity index (χ1) is 20.5. The van der Waals surface area contributed by atoms with E-state index in [2.05, 4.69) is 15.6 Å². The maximum atomic E-state index is 14.2. The summed E-state index contributed by atoms with van der Waals surface area (Å²) in [6, 6.07) is 19.4. The van der Waals surface area contributed by atoms with Crippen LogP contribution in [0.2, 0.25) is 0 Å². The third kappa shape index (κ3) is 6.48. The number of fused-ring (bicyclic) bond motifs is 1. The number of benzene rings is 3. The van der Waals surface area contributed by atoms with Crippen molar-refractivity contribution < 1.29 is 23.8 Å². The molecule has 5 rings (SSSR count). The van der Waals surface area contributed by atoms with Gasteiger partial charge < -0.3 is 24.4 Å². The van der Waals surface area contributed by atoms with Crippen LogP contribution >= 0.6 is 0 Å². The lowest BCUT2D eigenvalue weighted by Crippen LogP contribution is -2.47. The first-order valence-electron chi connectivity index (χ1n) is 14.2. The van der Waals surface area contributed by atoms with Crippen LogP contribution in [0.25, 0.3) is 11.0 Å². The van der Waals surface area contributed by atoms with Crippen molar-refractivity contribution in [1.82, 2.24) is 25.2 Å². The van der Waals surface area contributed by atoms with Crippen molar-refractivity contribution in [3.05, 3.63) is 77.9 Å². The van der Waals surface area contributed by atoms with E-state index in [1.807, 2.05) is 54.6 Å². The summed E-state index contributed by atoms with van der Waals surface area (Å²) in [5.41, 5.74) is 2.90. The fourth-order valence-electron chi connectivity index (χ4n) is 5.53. The van der Waals surface area contributed by atoms with Crippen LogP contribution in [-0.4, -0.2) is 59.1 Å². The Balaban J connectivity index is 1.56. The second kappa shape index (κ2) is 13.4. The number of amides is 2. The fraction of sp³-hybridized carbons (Fsp3) is 0.375. The first-order valence-corrected chi connectivity index (χ1v) is 14.2. The molecule has 0 radical (unpaired) electrons. The van der Waals surface area contributed by atoms with Crippen molar-refractivity contribution in [3.8, 4) is 17.2 Å². The predicted octanol–water partition coefficient (Wildman–Crippen LogP) is 4.68. The number of rotatable bonds is 11. The Kier molecular flexibility index (Phi) is 9.21. The van der Waals surface area contributed by atoms with E-state index < -0.39 is 6.04 Å². The number of hydrogen-bond acceptors (Lipinski definition) is 7. The summed E-state index contributed by atoms with van der Waals surface area (Å²) < 4.78 is 17.9. The van der Waals surface area contributed by atoms with Gasteiger partial charge in [-0.25, -0.2) is 4.68 Å². The van der Waals surface area contributed by atoms with E-state index in [4.69, 9.17) is 14.2 Å². The summed E-state index contributed by atoms with van der Waals surface area (Å²) in [7, 11) is 4.72. The topological polar surface area (TPSA) is 108 Å². The summed E-state index contributed by atoms with van der Waals surface area (Å²) >= 11 is 0. The zero-order chi connectivity index (χ0) is 29.5. The maximum Gasteiger partial charge on any atom is 0.247 e. The molecule has 0 spiro atoms. The van der Waals surface area contributed by atoms with E-state index in [9.17, 15) is 9.59 Å². The SMILES string of the molecule is COc1ccc(CN(C(=O)Cn2nnc3ccccc32)[C@H](C(=O)NC2CCCCC2)c2ccc(OC)c(OC)c2)cc1. The van der Waals surface area contributed by atoms with Gasteiger partial charge in [0.05, 0.1) is 26.8 Å². The molecule has 10 nitrogen and oxygen atoms in total. The number of para-hydroxylation sites is 1. The molecule has 1 fully saturated rings. The Bertz CT molecular complexity index is 1510. The highest BCUT2D eigenvalue weighted by atomic mass is 16.5. The molecule has 0 unspecified atom stereocenters. The number of ether oxygens (including phenoxy) is 3. The standard InChI is InChI=1S/C32H37N5O5/c1-40-25-16-13-22(14-17-25)20-36(30(38)21-37-27-12-8-7-11-26(27)34-35-37)31(32(39)33-24-9-5-4-6-10-24)23-15-18-28(41-2)29(19-23)42-3/h7-8,11-19,24,31H,4-6,9-10,20-21H2,1-3H3,(H,33,39)/t31-/m0/s1. The van der Waals surface area contributed by atoms with Crippen molar-refractivity contribution in [1.29, 1.82) is 0 Å². The van der Waals surface area contributed by atoms with Gasteiger partial charge in [-0.05, 0) is 60.4 Å². The van der Waals surface area contributed by atoms with Gasteiger partial charge in [-0.3, -0.25) is 9.59 Å². The monoisotopic (exact) mass is 571 g/mol. The van der Waals surface area contributed by atoms with Crippen LogP contribution in [0.1, 0.15) is 49.3 Å². The quantitative estimate of drug-likeness (QED) is 0.279. The van der Waals surface area contributed by atoms with Crippen LogP contribution in [0.5, 0.6) is 17.2 Å². The van der Waals surface area contributed by atoms with E-state index in [-0.39, 0.29) is 30.9 Å². The number of carbonyl (C=O) groups is 2. The molecule has 2 amide bonds. The number of nitrogens with one attached hydrogen (secondary N) is 1. The van der Waals surface area contributed by atoms with E-state index in [1.54, 1.807) is 43.0 Å². The Morgan fingerprint density at radius 2 is 1.67 bits per heavy atom. The highest BCUT2D eigenvalue weighted by molar-refractivity contribution is 5.89. The van der Waals surface area contributed by atoms with Gasteiger partial charge in [0.15, 0.2) is 11.5 Å². The van der Waals surface area contributed by atoms with Gasteiger partial charge in [0.2, 0.25) is 11.8 Å². The summed E-state index contributed by atoms with van der Waals surface area (Å²) in [6.45, 7) is 0.101. The van der Waals surface area contributed by atoms with Crippen LogP contribution in [0.15, 0.2) is 66.7 Å². The molecule has 1 aliphatic rings. The maximum absolute atomic E-state index is 14.2. The summed E-state index contributed by atoms with van der Waals surface area (Å²) in [5, 5.41) is 11.7. The molecule has 42 heavy (non-hydrogen) atoms. The lowest BCUT2D eigenvalue weighted by Gasteiger charge is -2.34. The lowest BCUT2D eigenvalue weighted by atomic mass is 9.94. The number of methoxy groups -OCH3 is 3. The zero-order valence-electron chi connectivity index (χ0n) is 24.3. The van der Waals surface area contributed by atoms with Crippen LogP contribution < -0.4 is 19.5 Å². The number of nitrogens with zero attached hydrogens (tertiary/aromatic N) is 4. The van der Waals surface area contributed by atoms with Gasteiger partial charge in [0.1, 0.15) is 23.9 Å². The summed E-state index contributed by atoms with van der Waals surface area (Å²) in [4.78, 5) is 30.0. The van der Waals surface area contributed by atoms with E-state index >= 15 is 0 Å². The van der Waals surface area contributed by atoms with E-state index in [1.165, 1.54) is 6.42 Å². The van der Waals surface area contributed by atoms with E-state index in [0.29, 0.717) is 28.3 Å². The molecule has 1 aliphatic carbocycles. The molecule has 1 N–H and O–H groups in total. The Labute approximate surface area is 245 Å². The molecule has 0 saturated heterocycles. The summed E-state index contributed by atoms with van der Waals surface area (Å²) in [5.74, 6) is 1.20. The van der Waals surface area contributed by atoms with Crippen LogP contribution in [0.3, 0.4) is 0 Å². The predicted molar refractivity (Wildman–Crippen MR) is 158 cm³/mol. The Morgan fingerprint density at radius 3 is 2.38 bits per heavy atom. The minimum Gasteiger partial charge on any atom is -0.497 e. The molecule has 0 bridgehead atoms. The molecule has 0 aliphatic heterocycles. The Hall–Kier alpha value is -4.60. The van der Waals surface area contributed by atoms with Gasteiger partial charge in [0.25, 0.3) is 0 Å². The highest BCUT2D eigenvalue weighted by Gasteiger charge is 2.34. The average Bonchev–Trinajstić information content (AvgIpc) is 3.43. The minimum atomic E-state index is -0.934. The first kappa shape index (κ1) is 28.9. The van der Waals surface area contributed by atoms with Crippen molar-refractivity contribution >= 4 is 22.8 Å². The van der Waals surface area contributed by atoms with Crippen LogP contribution in [-0.2, 0) is 22.7 Å². The van der Waals surface area contributed by atoms with Gasteiger partial charge >= 0.3 is 0 Å². The average molecular weight is 572 g/mol. The molecule has 3 aromatic carbocycles. The molecular weight excluding hydrogens is 534 g/mol. The molecule has 1 aromatic heterocycles. The van der Waals surface area contributed by atoms with Crippen molar-refractivity contribution in [2.24, 2.45) is 0 Å². The molecule has 1 heterocycles. The number of carbonyl (C=O) groups excluding carboxylic acids is 2. The normalized spacial score (nSPS) is 14.3. The van der Waals surface area contributed by atoms with Crippen molar-refractivity contribution in [3.63, 3.8) is 0 Å². The van der Waals surface area contributed by atoms with Crippen molar-refractivity contribution in [2.75, 3.05) is 21.3 Å². The third-order valence-electron chi connectivity index (χ3n) is 7.77. The molecular formula is C32H37N5O5. The second-order valence-electron chi connectivity index (χ2n) is 10.5. The molecule has 4 aromatic rings. The molecule has 220 valence electrons. The summed E-state index contributed by atoms with van der Waals surface area (Å²) in [6.07, 6.45) is 5.14. The Morgan fingerprint density at radius 1 is 0.929 bits per heavy atom.